The van der Waals surface area contributed by atoms with E-state index >= 15 is 0 Å². The number of benzene rings is 1. The summed E-state index contributed by atoms with van der Waals surface area (Å²) in [5, 5.41) is 0.928. The van der Waals surface area contributed by atoms with Crippen molar-refractivity contribution in [3.63, 3.8) is 0 Å². The van der Waals surface area contributed by atoms with Gasteiger partial charge in [-0.25, -0.2) is 13.4 Å². The molecule has 0 aliphatic heterocycles. The first-order valence-corrected chi connectivity index (χ1v) is 9.01. The Morgan fingerprint density at radius 2 is 2.05 bits per heavy atom. The SMILES string of the molecule is CS(=O)(=O)CCC(N)c1ncc(-c2ccc(Cl)c(Cl)c2)[nH]1. The Kier molecular flexibility index (Phi) is 4.93. The van der Waals surface area contributed by atoms with E-state index in [4.69, 9.17) is 28.9 Å². The summed E-state index contributed by atoms with van der Waals surface area (Å²) in [5.41, 5.74) is 7.52. The van der Waals surface area contributed by atoms with Gasteiger partial charge in [-0.2, -0.15) is 0 Å². The molecule has 2 rings (SSSR count). The minimum absolute atomic E-state index is 0.0248. The van der Waals surface area contributed by atoms with Crippen LogP contribution in [0.25, 0.3) is 11.3 Å². The zero-order valence-electron chi connectivity index (χ0n) is 11.3. The van der Waals surface area contributed by atoms with Crippen LogP contribution in [-0.4, -0.2) is 30.4 Å². The number of aromatic nitrogens is 2. The smallest absolute Gasteiger partial charge is 0.147 e. The Bertz CT molecular complexity index is 744. The van der Waals surface area contributed by atoms with E-state index in [2.05, 4.69) is 9.97 Å². The van der Waals surface area contributed by atoms with Crippen molar-refractivity contribution in [2.75, 3.05) is 12.0 Å². The lowest BCUT2D eigenvalue weighted by Crippen LogP contribution is -2.16. The predicted molar refractivity (Wildman–Crippen MR) is 85.3 cm³/mol. The van der Waals surface area contributed by atoms with Crippen molar-refractivity contribution in [3.05, 3.63) is 40.3 Å². The van der Waals surface area contributed by atoms with Crippen LogP contribution >= 0.6 is 23.2 Å². The molecular weight excluding hydrogens is 333 g/mol. The molecule has 5 nitrogen and oxygen atoms in total. The number of hydrogen-bond donors (Lipinski definition) is 2. The van der Waals surface area contributed by atoms with Crippen molar-refractivity contribution in [1.29, 1.82) is 0 Å². The highest BCUT2D eigenvalue weighted by Gasteiger charge is 2.14. The fraction of sp³-hybridized carbons (Fsp3) is 0.308. The summed E-state index contributed by atoms with van der Waals surface area (Å²) in [5.74, 6) is 0.566. The molecule has 21 heavy (non-hydrogen) atoms. The summed E-state index contributed by atoms with van der Waals surface area (Å²) in [6, 6.07) is 4.77. The van der Waals surface area contributed by atoms with Gasteiger partial charge in [0.25, 0.3) is 0 Å². The van der Waals surface area contributed by atoms with Crippen molar-refractivity contribution in [2.45, 2.75) is 12.5 Å². The molecule has 1 heterocycles. The maximum Gasteiger partial charge on any atom is 0.147 e. The van der Waals surface area contributed by atoms with Gasteiger partial charge in [0.15, 0.2) is 0 Å². The number of rotatable bonds is 5. The molecule has 0 saturated carbocycles. The van der Waals surface area contributed by atoms with E-state index < -0.39 is 15.9 Å². The molecule has 0 amide bonds. The highest BCUT2D eigenvalue weighted by molar-refractivity contribution is 7.90. The minimum Gasteiger partial charge on any atom is -0.341 e. The molecule has 3 N–H and O–H groups in total. The van der Waals surface area contributed by atoms with E-state index in [-0.39, 0.29) is 5.75 Å². The summed E-state index contributed by atoms with van der Waals surface area (Å²) in [6.45, 7) is 0. The van der Waals surface area contributed by atoms with Gasteiger partial charge in [0.1, 0.15) is 15.7 Å². The van der Waals surface area contributed by atoms with Crippen molar-refractivity contribution in [1.82, 2.24) is 9.97 Å². The fourth-order valence-corrected chi connectivity index (χ4v) is 2.79. The summed E-state index contributed by atoms with van der Waals surface area (Å²) >= 11 is 11.8. The number of aromatic amines is 1. The van der Waals surface area contributed by atoms with Crippen molar-refractivity contribution >= 4 is 33.0 Å². The Morgan fingerprint density at radius 3 is 2.67 bits per heavy atom. The van der Waals surface area contributed by atoms with Crippen LogP contribution in [0.2, 0.25) is 10.0 Å². The van der Waals surface area contributed by atoms with Gasteiger partial charge in [0, 0.05) is 11.8 Å². The fourth-order valence-electron chi connectivity index (χ4n) is 1.81. The van der Waals surface area contributed by atoms with Gasteiger partial charge in [-0.1, -0.05) is 29.3 Å². The molecule has 1 aromatic heterocycles. The van der Waals surface area contributed by atoms with Crippen molar-refractivity contribution < 1.29 is 8.42 Å². The monoisotopic (exact) mass is 347 g/mol. The Morgan fingerprint density at radius 1 is 1.33 bits per heavy atom. The van der Waals surface area contributed by atoms with Gasteiger partial charge >= 0.3 is 0 Å². The quantitative estimate of drug-likeness (QED) is 0.870. The standard InChI is InChI=1S/C13H15Cl2N3O2S/c1-21(19,20)5-4-11(16)13-17-7-12(18-13)8-2-3-9(14)10(15)6-8/h2-3,6-7,11H,4-5,16H2,1H3,(H,17,18). The largest absolute Gasteiger partial charge is 0.341 e. The lowest BCUT2D eigenvalue weighted by molar-refractivity contribution is 0.588. The number of hydrogen-bond acceptors (Lipinski definition) is 4. The molecule has 1 atom stereocenters. The lowest BCUT2D eigenvalue weighted by atomic mass is 10.2. The number of H-pyrrole nitrogens is 1. The van der Waals surface area contributed by atoms with E-state index in [0.29, 0.717) is 22.3 Å². The molecule has 0 radical (unpaired) electrons. The third-order valence-electron chi connectivity index (χ3n) is 2.98. The number of imidazole rings is 1. The zero-order chi connectivity index (χ0) is 15.6. The van der Waals surface area contributed by atoms with Crippen LogP contribution < -0.4 is 5.73 Å². The molecular formula is C13H15Cl2N3O2S. The van der Waals surface area contributed by atoms with Gasteiger partial charge in [-0.3, -0.25) is 0 Å². The van der Waals surface area contributed by atoms with Crippen LogP contribution in [0.4, 0.5) is 0 Å². The van der Waals surface area contributed by atoms with Crippen LogP contribution in [0.1, 0.15) is 18.3 Å². The average molecular weight is 348 g/mol. The Hall–Kier alpha value is -1.08. The van der Waals surface area contributed by atoms with Gasteiger partial charge in [0.2, 0.25) is 0 Å². The van der Waals surface area contributed by atoms with E-state index in [0.717, 1.165) is 11.3 Å². The molecule has 8 heteroatoms. The molecule has 0 fully saturated rings. The molecule has 0 saturated heterocycles. The molecule has 1 aromatic carbocycles. The maximum atomic E-state index is 11.1. The molecule has 0 bridgehead atoms. The Labute approximate surface area is 133 Å². The number of nitrogens with zero attached hydrogens (tertiary/aromatic N) is 1. The topological polar surface area (TPSA) is 88.8 Å². The number of nitrogens with one attached hydrogen (secondary N) is 1. The molecule has 0 aliphatic rings. The number of nitrogens with two attached hydrogens (primary N) is 1. The Balaban J connectivity index is 2.15. The molecule has 1 unspecified atom stereocenters. The second-order valence-electron chi connectivity index (χ2n) is 4.84. The summed E-state index contributed by atoms with van der Waals surface area (Å²) in [6.07, 6.45) is 3.13. The molecule has 0 spiro atoms. The lowest BCUT2D eigenvalue weighted by Gasteiger charge is -2.07. The average Bonchev–Trinajstić information content (AvgIpc) is 2.88. The van der Waals surface area contributed by atoms with Crippen LogP contribution in [0.15, 0.2) is 24.4 Å². The third-order valence-corrected chi connectivity index (χ3v) is 4.69. The van der Waals surface area contributed by atoms with Gasteiger partial charge in [-0.15, -0.1) is 0 Å². The first-order chi connectivity index (χ1) is 9.76. The van der Waals surface area contributed by atoms with Crippen LogP contribution in [0.3, 0.4) is 0 Å². The first-order valence-electron chi connectivity index (χ1n) is 6.20. The minimum atomic E-state index is -3.04. The highest BCUT2D eigenvalue weighted by atomic mass is 35.5. The normalized spacial score (nSPS) is 13.3. The predicted octanol–water partition coefficient (Wildman–Crippen LogP) is 2.82. The van der Waals surface area contributed by atoms with E-state index in [9.17, 15) is 8.42 Å². The second kappa shape index (κ2) is 6.36. The third kappa shape index (κ3) is 4.44. The summed E-state index contributed by atoms with van der Waals surface area (Å²) < 4.78 is 22.3. The van der Waals surface area contributed by atoms with E-state index in [1.165, 1.54) is 6.26 Å². The first kappa shape index (κ1) is 16.3. The van der Waals surface area contributed by atoms with E-state index in [1.54, 1.807) is 18.3 Å². The molecule has 0 aliphatic carbocycles. The van der Waals surface area contributed by atoms with Gasteiger partial charge in [0.05, 0.1) is 33.7 Å². The number of halogens is 2. The van der Waals surface area contributed by atoms with Crippen LogP contribution in [0.5, 0.6) is 0 Å². The van der Waals surface area contributed by atoms with Crippen molar-refractivity contribution in [2.24, 2.45) is 5.73 Å². The van der Waals surface area contributed by atoms with Crippen molar-refractivity contribution in [3.8, 4) is 11.3 Å². The van der Waals surface area contributed by atoms with Gasteiger partial charge in [-0.05, 0) is 18.6 Å². The molecule has 114 valence electrons. The van der Waals surface area contributed by atoms with Crippen LogP contribution in [0, 0.1) is 0 Å². The maximum absolute atomic E-state index is 11.1. The van der Waals surface area contributed by atoms with E-state index in [1.807, 2.05) is 6.07 Å². The second-order valence-corrected chi connectivity index (χ2v) is 7.91. The van der Waals surface area contributed by atoms with Gasteiger partial charge < -0.3 is 10.7 Å². The zero-order valence-corrected chi connectivity index (χ0v) is 13.6. The van der Waals surface area contributed by atoms with Crippen LogP contribution in [-0.2, 0) is 9.84 Å². The number of sulfone groups is 1. The summed E-state index contributed by atoms with van der Waals surface area (Å²) in [7, 11) is -3.04. The molecule has 2 aromatic rings. The summed E-state index contributed by atoms with van der Waals surface area (Å²) in [4.78, 5) is 7.27. The highest BCUT2D eigenvalue weighted by Crippen LogP contribution is 2.28.